The van der Waals surface area contributed by atoms with E-state index in [0.717, 1.165) is 24.4 Å². The molecule has 0 saturated heterocycles. The van der Waals surface area contributed by atoms with Gasteiger partial charge in [0.15, 0.2) is 0 Å². The minimum Gasteiger partial charge on any atom is -0.367 e. The number of rotatable bonds is 4. The van der Waals surface area contributed by atoms with E-state index in [1.54, 1.807) is 0 Å². The SMILES string of the molecule is CCc1ccc(CNc2cccc3nccn23)cc1. The Balaban J connectivity index is 1.76. The summed E-state index contributed by atoms with van der Waals surface area (Å²) in [6.07, 6.45) is 4.87. The molecule has 19 heavy (non-hydrogen) atoms. The van der Waals surface area contributed by atoms with Crippen LogP contribution in [0.15, 0.2) is 54.9 Å². The highest BCUT2D eigenvalue weighted by Crippen LogP contribution is 2.13. The molecule has 0 saturated carbocycles. The van der Waals surface area contributed by atoms with Crippen LogP contribution in [0.4, 0.5) is 5.82 Å². The van der Waals surface area contributed by atoms with Gasteiger partial charge in [0.25, 0.3) is 0 Å². The molecule has 2 heterocycles. The van der Waals surface area contributed by atoms with Crippen molar-refractivity contribution in [2.75, 3.05) is 5.32 Å². The molecule has 96 valence electrons. The van der Waals surface area contributed by atoms with Gasteiger partial charge in [-0.1, -0.05) is 37.3 Å². The molecule has 3 heteroatoms. The molecule has 1 aromatic carbocycles. The number of nitrogens with one attached hydrogen (secondary N) is 1. The average Bonchev–Trinajstić information content (AvgIpc) is 2.94. The van der Waals surface area contributed by atoms with Crippen molar-refractivity contribution in [1.29, 1.82) is 0 Å². The topological polar surface area (TPSA) is 29.3 Å². The van der Waals surface area contributed by atoms with E-state index in [2.05, 4.69) is 52.0 Å². The second-order valence-electron chi connectivity index (χ2n) is 4.59. The van der Waals surface area contributed by atoms with Crippen LogP contribution in [0.3, 0.4) is 0 Å². The van der Waals surface area contributed by atoms with Gasteiger partial charge in [0.2, 0.25) is 0 Å². The summed E-state index contributed by atoms with van der Waals surface area (Å²) in [5.74, 6) is 1.06. The van der Waals surface area contributed by atoms with Crippen LogP contribution in [-0.4, -0.2) is 9.38 Å². The van der Waals surface area contributed by atoms with E-state index in [0.29, 0.717) is 0 Å². The number of aromatic nitrogens is 2. The van der Waals surface area contributed by atoms with E-state index >= 15 is 0 Å². The zero-order chi connectivity index (χ0) is 13.1. The lowest BCUT2D eigenvalue weighted by Gasteiger charge is -2.09. The van der Waals surface area contributed by atoms with Gasteiger partial charge in [-0.2, -0.15) is 0 Å². The van der Waals surface area contributed by atoms with E-state index in [1.807, 2.05) is 24.5 Å². The third-order valence-electron chi connectivity index (χ3n) is 3.33. The first kappa shape index (κ1) is 11.8. The Labute approximate surface area is 112 Å². The minimum absolute atomic E-state index is 0.821. The second kappa shape index (κ2) is 5.14. The highest BCUT2D eigenvalue weighted by Gasteiger charge is 2.00. The molecular formula is C16H17N3. The first-order valence-corrected chi connectivity index (χ1v) is 6.60. The summed E-state index contributed by atoms with van der Waals surface area (Å²) in [6.45, 7) is 2.99. The quantitative estimate of drug-likeness (QED) is 0.769. The molecule has 0 bridgehead atoms. The summed E-state index contributed by atoms with van der Waals surface area (Å²) >= 11 is 0. The van der Waals surface area contributed by atoms with Crippen LogP contribution in [0.5, 0.6) is 0 Å². The van der Waals surface area contributed by atoms with Crippen molar-refractivity contribution in [3.05, 3.63) is 66.0 Å². The fraction of sp³-hybridized carbons (Fsp3) is 0.188. The molecule has 0 atom stereocenters. The van der Waals surface area contributed by atoms with Crippen molar-refractivity contribution >= 4 is 11.5 Å². The first-order valence-electron chi connectivity index (χ1n) is 6.60. The lowest BCUT2D eigenvalue weighted by atomic mass is 10.1. The minimum atomic E-state index is 0.821. The van der Waals surface area contributed by atoms with Crippen molar-refractivity contribution in [2.24, 2.45) is 0 Å². The van der Waals surface area contributed by atoms with Gasteiger partial charge in [-0.15, -0.1) is 0 Å². The maximum Gasteiger partial charge on any atom is 0.138 e. The Morgan fingerprint density at radius 3 is 2.63 bits per heavy atom. The van der Waals surface area contributed by atoms with Crippen molar-refractivity contribution in [3.63, 3.8) is 0 Å². The molecule has 0 aliphatic rings. The molecule has 3 nitrogen and oxygen atoms in total. The Hall–Kier alpha value is -2.29. The number of nitrogens with zero attached hydrogens (tertiary/aromatic N) is 2. The van der Waals surface area contributed by atoms with Crippen LogP contribution in [0.2, 0.25) is 0 Å². The number of hydrogen-bond donors (Lipinski definition) is 1. The summed E-state index contributed by atoms with van der Waals surface area (Å²) in [6, 6.07) is 14.8. The van der Waals surface area contributed by atoms with E-state index in [-0.39, 0.29) is 0 Å². The smallest absolute Gasteiger partial charge is 0.138 e. The Kier molecular flexibility index (Phi) is 3.19. The molecule has 0 aliphatic heterocycles. The Bertz CT molecular complexity index is 668. The molecule has 0 amide bonds. The van der Waals surface area contributed by atoms with Crippen LogP contribution in [0.25, 0.3) is 5.65 Å². The van der Waals surface area contributed by atoms with Gasteiger partial charge in [-0.3, -0.25) is 4.40 Å². The van der Waals surface area contributed by atoms with Crippen molar-refractivity contribution < 1.29 is 0 Å². The Morgan fingerprint density at radius 1 is 1.05 bits per heavy atom. The molecule has 0 spiro atoms. The molecule has 0 fully saturated rings. The van der Waals surface area contributed by atoms with Gasteiger partial charge in [0.05, 0.1) is 0 Å². The molecule has 3 rings (SSSR count). The average molecular weight is 251 g/mol. The van der Waals surface area contributed by atoms with E-state index in [4.69, 9.17) is 0 Å². The number of pyridine rings is 1. The summed E-state index contributed by atoms with van der Waals surface area (Å²) in [4.78, 5) is 4.28. The summed E-state index contributed by atoms with van der Waals surface area (Å²) in [5, 5.41) is 3.45. The number of aryl methyl sites for hydroxylation is 1. The maximum atomic E-state index is 4.28. The highest BCUT2D eigenvalue weighted by molar-refractivity contribution is 5.50. The van der Waals surface area contributed by atoms with Crippen LogP contribution in [0.1, 0.15) is 18.1 Å². The Morgan fingerprint density at radius 2 is 1.84 bits per heavy atom. The normalized spacial score (nSPS) is 10.8. The number of imidazole rings is 1. The molecule has 3 aromatic rings. The fourth-order valence-electron chi connectivity index (χ4n) is 2.18. The van der Waals surface area contributed by atoms with Gasteiger partial charge in [0.1, 0.15) is 11.5 Å². The van der Waals surface area contributed by atoms with Crippen LogP contribution in [0, 0.1) is 0 Å². The summed E-state index contributed by atoms with van der Waals surface area (Å²) in [7, 11) is 0. The van der Waals surface area contributed by atoms with Crippen molar-refractivity contribution in [1.82, 2.24) is 9.38 Å². The lowest BCUT2D eigenvalue weighted by molar-refractivity contribution is 1.06. The van der Waals surface area contributed by atoms with Gasteiger partial charge in [0, 0.05) is 18.9 Å². The fourth-order valence-corrected chi connectivity index (χ4v) is 2.18. The van der Waals surface area contributed by atoms with Crippen molar-refractivity contribution in [2.45, 2.75) is 19.9 Å². The number of anilines is 1. The van der Waals surface area contributed by atoms with Crippen LogP contribution >= 0.6 is 0 Å². The molecule has 1 N–H and O–H groups in total. The predicted molar refractivity (Wildman–Crippen MR) is 78.3 cm³/mol. The largest absolute Gasteiger partial charge is 0.367 e. The van der Waals surface area contributed by atoms with Gasteiger partial charge in [-0.25, -0.2) is 4.98 Å². The zero-order valence-corrected chi connectivity index (χ0v) is 11.0. The number of benzene rings is 1. The molecule has 0 radical (unpaired) electrons. The third-order valence-corrected chi connectivity index (χ3v) is 3.33. The standard InChI is InChI=1S/C16H17N3/c1-2-13-6-8-14(9-7-13)12-18-16-5-3-4-15-17-10-11-19(15)16/h3-11,18H,2,12H2,1H3. The molecule has 0 unspecified atom stereocenters. The second-order valence-corrected chi connectivity index (χ2v) is 4.59. The zero-order valence-electron chi connectivity index (χ0n) is 11.0. The molecule has 2 aromatic heterocycles. The van der Waals surface area contributed by atoms with Gasteiger partial charge in [-0.05, 0) is 29.7 Å². The molecule has 0 aliphatic carbocycles. The van der Waals surface area contributed by atoms with Crippen molar-refractivity contribution in [3.8, 4) is 0 Å². The van der Waals surface area contributed by atoms with E-state index in [9.17, 15) is 0 Å². The summed E-state index contributed by atoms with van der Waals surface area (Å²) < 4.78 is 2.06. The van der Waals surface area contributed by atoms with E-state index < -0.39 is 0 Å². The van der Waals surface area contributed by atoms with Crippen LogP contribution in [-0.2, 0) is 13.0 Å². The number of fused-ring (bicyclic) bond motifs is 1. The van der Waals surface area contributed by atoms with Crippen LogP contribution < -0.4 is 5.32 Å². The number of hydrogen-bond acceptors (Lipinski definition) is 2. The third kappa shape index (κ3) is 2.45. The first-order chi connectivity index (χ1) is 9.36. The van der Waals surface area contributed by atoms with Gasteiger partial charge >= 0.3 is 0 Å². The monoisotopic (exact) mass is 251 g/mol. The maximum absolute atomic E-state index is 4.28. The lowest BCUT2D eigenvalue weighted by Crippen LogP contribution is -2.03. The highest BCUT2D eigenvalue weighted by atomic mass is 15.1. The molecular weight excluding hydrogens is 234 g/mol. The van der Waals surface area contributed by atoms with Gasteiger partial charge < -0.3 is 5.32 Å². The summed E-state index contributed by atoms with van der Waals surface area (Å²) in [5.41, 5.74) is 3.63. The van der Waals surface area contributed by atoms with E-state index in [1.165, 1.54) is 11.1 Å². The predicted octanol–water partition coefficient (Wildman–Crippen LogP) is 3.51.